The summed E-state index contributed by atoms with van der Waals surface area (Å²) in [5.41, 5.74) is 4.05. The first-order valence-electron chi connectivity index (χ1n) is 7.73. The molecule has 0 aromatic rings. The SMILES string of the molecule is CC1(C(=O)O)C=CC=C(C(=O)O)C1.CN1CCC(NC(N)=O)CC1. The smallest absolute Gasteiger partial charge is 0.331 e. The summed E-state index contributed by atoms with van der Waals surface area (Å²) >= 11 is 0. The Morgan fingerprint density at radius 2 is 1.88 bits per heavy atom. The first kappa shape index (κ1) is 19.7. The van der Waals surface area contributed by atoms with Crippen molar-refractivity contribution in [3.8, 4) is 0 Å². The van der Waals surface area contributed by atoms with Crippen LogP contribution in [0.25, 0.3) is 0 Å². The van der Waals surface area contributed by atoms with Crippen molar-refractivity contribution in [2.75, 3.05) is 20.1 Å². The van der Waals surface area contributed by atoms with Gasteiger partial charge < -0.3 is 26.2 Å². The predicted octanol–water partition coefficient (Wildman–Crippen LogP) is 0.797. The van der Waals surface area contributed by atoms with Gasteiger partial charge >= 0.3 is 18.0 Å². The molecular weight excluding hydrogens is 314 g/mol. The van der Waals surface area contributed by atoms with Gasteiger partial charge in [0.05, 0.1) is 5.41 Å². The highest BCUT2D eigenvalue weighted by Gasteiger charge is 2.34. The molecule has 0 saturated carbocycles. The number of carbonyl (C=O) groups excluding carboxylic acids is 1. The molecule has 1 saturated heterocycles. The third-order valence-electron chi connectivity index (χ3n) is 4.15. The Labute approximate surface area is 141 Å². The zero-order valence-electron chi connectivity index (χ0n) is 14.0. The molecule has 2 rings (SSSR count). The third-order valence-corrected chi connectivity index (χ3v) is 4.15. The molecule has 0 bridgehead atoms. The summed E-state index contributed by atoms with van der Waals surface area (Å²) in [7, 11) is 2.08. The number of rotatable bonds is 3. The van der Waals surface area contributed by atoms with Crippen LogP contribution in [0.2, 0.25) is 0 Å². The first-order chi connectivity index (χ1) is 11.1. The number of hydrogen-bond donors (Lipinski definition) is 4. The van der Waals surface area contributed by atoms with Crippen molar-refractivity contribution in [1.29, 1.82) is 0 Å². The molecule has 1 aliphatic heterocycles. The standard InChI is InChI=1S/C9H10O4.C7H15N3O/c1-9(8(12)13)4-2-3-6(5-9)7(10)11;1-10-4-2-6(3-5-10)9-7(8)11/h2-4H,5H2,1H3,(H,10,11)(H,12,13);6H,2-5H2,1H3,(H3,8,9,11). The highest BCUT2D eigenvalue weighted by molar-refractivity contribution is 5.90. The van der Waals surface area contributed by atoms with Gasteiger partial charge in [0, 0.05) is 11.6 Å². The number of piperidine rings is 1. The van der Waals surface area contributed by atoms with E-state index in [9.17, 15) is 14.4 Å². The highest BCUT2D eigenvalue weighted by Crippen LogP contribution is 2.31. The van der Waals surface area contributed by atoms with Crippen LogP contribution in [0.15, 0.2) is 23.8 Å². The molecule has 1 heterocycles. The number of carboxylic acids is 2. The van der Waals surface area contributed by atoms with Gasteiger partial charge in [-0.1, -0.05) is 18.2 Å². The number of hydrogen-bond acceptors (Lipinski definition) is 4. The topological polar surface area (TPSA) is 133 Å². The Morgan fingerprint density at radius 3 is 2.33 bits per heavy atom. The van der Waals surface area contributed by atoms with Gasteiger partial charge in [-0.15, -0.1) is 0 Å². The lowest BCUT2D eigenvalue weighted by molar-refractivity contribution is -0.145. The van der Waals surface area contributed by atoms with Gasteiger partial charge in [-0.2, -0.15) is 0 Å². The van der Waals surface area contributed by atoms with Crippen LogP contribution >= 0.6 is 0 Å². The Balaban J connectivity index is 0.000000243. The van der Waals surface area contributed by atoms with Crippen molar-refractivity contribution < 1.29 is 24.6 Å². The molecule has 1 fully saturated rings. The van der Waals surface area contributed by atoms with Crippen LogP contribution in [0.4, 0.5) is 4.79 Å². The second-order valence-electron chi connectivity index (χ2n) is 6.34. The number of nitrogens with zero attached hydrogens (tertiary/aromatic N) is 1. The van der Waals surface area contributed by atoms with Gasteiger partial charge in [0.25, 0.3) is 0 Å². The molecule has 2 amide bonds. The van der Waals surface area contributed by atoms with Crippen molar-refractivity contribution in [2.45, 2.75) is 32.2 Å². The second kappa shape index (κ2) is 8.49. The fourth-order valence-electron chi connectivity index (χ4n) is 2.54. The van der Waals surface area contributed by atoms with Crippen LogP contribution in [-0.2, 0) is 9.59 Å². The van der Waals surface area contributed by atoms with E-state index in [1.54, 1.807) is 0 Å². The van der Waals surface area contributed by atoms with Gasteiger partial charge in [-0.05, 0) is 46.3 Å². The van der Waals surface area contributed by atoms with Crippen LogP contribution in [0.3, 0.4) is 0 Å². The number of nitrogens with two attached hydrogens (primary N) is 1. The van der Waals surface area contributed by atoms with E-state index < -0.39 is 23.4 Å². The van der Waals surface area contributed by atoms with E-state index in [2.05, 4.69) is 17.3 Å². The number of amides is 2. The number of aliphatic carboxylic acids is 2. The average Bonchev–Trinajstić information content (AvgIpc) is 2.50. The lowest BCUT2D eigenvalue weighted by atomic mass is 9.80. The molecule has 0 aromatic carbocycles. The van der Waals surface area contributed by atoms with Crippen molar-refractivity contribution in [3.05, 3.63) is 23.8 Å². The van der Waals surface area contributed by atoms with Gasteiger partial charge in [-0.3, -0.25) is 4.79 Å². The van der Waals surface area contributed by atoms with E-state index in [1.807, 2.05) is 0 Å². The molecule has 24 heavy (non-hydrogen) atoms. The largest absolute Gasteiger partial charge is 0.481 e. The maximum atomic E-state index is 10.8. The highest BCUT2D eigenvalue weighted by atomic mass is 16.4. The average molecular weight is 339 g/mol. The molecule has 1 unspecified atom stereocenters. The van der Waals surface area contributed by atoms with E-state index in [4.69, 9.17) is 15.9 Å². The Morgan fingerprint density at radius 1 is 1.29 bits per heavy atom. The van der Waals surface area contributed by atoms with Crippen LogP contribution in [0.1, 0.15) is 26.2 Å². The van der Waals surface area contributed by atoms with Gasteiger partial charge in [0.1, 0.15) is 0 Å². The Kier molecular flexibility index (Phi) is 6.97. The zero-order chi connectivity index (χ0) is 18.3. The van der Waals surface area contributed by atoms with Gasteiger partial charge in [-0.25, -0.2) is 9.59 Å². The number of allylic oxidation sites excluding steroid dienone is 2. The molecule has 0 aromatic heterocycles. The minimum Gasteiger partial charge on any atom is -0.481 e. The number of primary amides is 1. The summed E-state index contributed by atoms with van der Waals surface area (Å²) in [4.78, 5) is 34.0. The van der Waals surface area contributed by atoms with Crippen LogP contribution in [-0.4, -0.2) is 59.3 Å². The fourth-order valence-corrected chi connectivity index (χ4v) is 2.54. The number of likely N-dealkylation sites (tertiary alicyclic amines) is 1. The van der Waals surface area contributed by atoms with E-state index >= 15 is 0 Å². The Bertz CT molecular complexity index is 550. The quantitative estimate of drug-likeness (QED) is 0.601. The van der Waals surface area contributed by atoms with E-state index in [-0.39, 0.29) is 12.0 Å². The first-order valence-corrected chi connectivity index (χ1v) is 7.73. The number of carboxylic acid groups (broad SMARTS) is 2. The summed E-state index contributed by atoms with van der Waals surface area (Å²) < 4.78 is 0. The summed E-state index contributed by atoms with van der Waals surface area (Å²) in [5, 5.41) is 20.2. The Hall–Kier alpha value is -2.35. The summed E-state index contributed by atoms with van der Waals surface area (Å²) in [5.74, 6) is -2.06. The summed E-state index contributed by atoms with van der Waals surface area (Å²) in [6.07, 6.45) is 6.46. The molecule has 0 spiro atoms. The lowest BCUT2D eigenvalue weighted by Gasteiger charge is -2.28. The number of urea groups is 1. The van der Waals surface area contributed by atoms with E-state index in [0.717, 1.165) is 25.9 Å². The summed E-state index contributed by atoms with van der Waals surface area (Å²) in [6.45, 7) is 3.59. The molecule has 5 N–H and O–H groups in total. The van der Waals surface area contributed by atoms with Crippen molar-refractivity contribution in [1.82, 2.24) is 10.2 Å². The van der Waals surface area contributed by atoms with Crippen molar-refractivity contribution in [3.63, 3.8) is 0 Å². The molecule has 8 nitrogen and oxygen atoms in total. The van der Waals surface area contributed by atoms with Crippen molar-refractivity contribution in [2.24, 2.45) is 11.1 Å². The molecular formula is C16H25N3O5. The minimum atomic E-state index is -1.08. The van der Waals surface area contributed by atoms with E-state index in [0.29, 0.717) is 6.04 Å². The molecule has 0 radical (unpaired) electrons. The predicted molar refractivity (Wildman–Crippen MR) is 88.5 cm³/mol. The van der Waals surface area contributed by atoms with Gasteiger partial charge in [0.15, 0.2) is 0 Å². The molecule has 2 aliphatic rings. The normalized spacial score (nSPS) is 24.3. The molecule has 134 valence electrons. The van der Waals surface area contributed by atoms with Crippen LogP contribution in [0.5, 0.6) is 0 Å². The lowest BCUT2D eigenvalue weighted by Crippen LogP contribution is -2.45. The zero-order valence-corrected chi connectivity index (χ0v) is 14.0. The molecule has 1 aliphatic carbocycles. The van der Waals surface area contributed by atoms with Gasteiger partial charge in [0.2, 0.25) is 0 Å². The number of nitrogens with one attached hydrogen (secondary N) is 1. The third kappa shape index (κ3) is 6.04. The fraction of sp³-hybridized carbons (Fsp3) is 0.562. The van der Waals surface area contributed by atoms with Crippen LogP contribution < -0.4 is 11.1 Å². The molecule has 1 atom stereocenters. The number of carbonyl (C=O) groups is 3. The second-order valence-corrected chi connectivity index (χ2v) is 6.34. The van der Waals surface area contributed by atoms with Crippen LogP contribution in [0, 0.1) is 5.41 Å². The van der Waals surface area contributed by atoms with Crippen molar-refractivity contribution >= 4 is 18.0 Å². The maximum absolute atomic E-state index is 10.8. The molecule has 8 heteroatoms. The van der Waals surface area contributed by atoms with E-state index in [1.165, 1.54) is 25.2 Å². The minimum absolute atomic E-state index is 0.0359. The summed E-state index contributed by atoms with van der Waals surface area (Å²) in [6, 6.07) is -0.108. The maximum Gasteiger partial charge on any atom is 0.331 e. The monoisotopic (exact) mass is 339 g/mol.